The van der Waals surface area contributed by atoms with Gasteiger partial charge in [-0.1, -0.05) is 23.4 Å². The number of anilines is 1. The fraction of sp³-hybridized carbons (Fsp3) is 0.133. The van der Waals surface area contributed by atoms with Crippen molar-refractivity contribution in [1.82, 2.24) is 0 Å². The third-order valence-corrected chi connectivity index (χ3v) is 4.83. The molecule has 0 radical (unpaired) electrons. The summed E-state index contributed by atoms with van der Waals surface area (Å²) >= 11 is 6.90. The van der Waals surface area contributed by atoms with Gasteiger partial charge in [-0.25, -0.2) is 17.2 Å². The highest BCUT2D eigenvalue weighted by Gasteiger charge is 2.17. The lowest BCUT2D eigenvalue weighted by atomic mass is 10.1. The van der Waals surface area contributed by atoms with Gasteiger partial charge in [-0.05, 0) is 31.2 Å². The minimum atomic E-state index is -3.65. The van der Waals surface area contributed by atoms with Crippen molar-refractivity contribution in [1.29, 1.82) is 0 Å². The number of hydrogen-bond donors (Lipinski definition) is 1. The fourth-order valence-electron chi connectivity index (χ4n) is 1.83. The molecule has 0 saturated heterocycles. The van der Waals surface area contributed by atoms with Crippen LogP contribution >= 0.6 is 23.4 Å². The average molecular weight is 392 g/mol. The number of carbonyl (C=O) groups is 1. The van der Waals surface area contributed by atoms with Crippen LogP contribution in [0.5, 0.6) is 0 Å². The van der Waals surface area contributed by atoms with E-state index in [1.165, 1.54) is 25.1 Å². The zero-order valence-corrected chi connectivity index (χ0v) is 15.0. The molecule has 128 valence electrons. The number of rotatable bonds is 5. The summed E-state index contributed by atoms with van der Waals surface area (Å²) in [7, 11) is -3.65. The molecule has 24 heavy (non-hydrogen) atoms. The lowest BCUT2D eigenvalue weighted by Crippen LogP contribution is -2.11. The Morgan fingerprint density at radius 1 is 1.17 bits per heavy atom. The van der Waals surface area contributed by atoms with Gasteiger partial charge in [0.25, 0.3) is 0 Å². The van der Waals surface area contributed by atoms with Gasteiger partial charge < -0.3 is 0 Å². The highest BCUT2D eigenvalue weighted by Crippen LogP contribution is 2.40. The molecule has 0 heterocycles. The van der Waals surface area contributed by atoms with Crippen LogP contribution in [-0.4, -0.2) is 20.5 Å². The summed E-state index contributed by atoms with van der Waals surface area (Å²) in [5.41, 5.74) is 0.266. The molecule has 2 aromatic carbocycles. The maximum Gasteiger partial charge on any atom is 0.229 e. The first-order valence-corrected chi connectivity index (χ1v) is 9.60. The van der Waals surface area contributed by atoms with E-state index < -0.39 is 21.7 Å². The average Bonchev–Trinajstić information content (AvgIpc) is 2.43. The Morgan fingerprint density at radius 3 is 2.38 bits per heavy atom. The van der Waals surface area contributed by atoms with E-state index in [-0.39, 0.29) is 31.8 Å². The summed E-state index contributed by atoms with van der Waals surface area (Å²) < 4.78 is 52.2. The standard InChI is InChI=1S/C15H12ClF2NO3S2/c1-8(20)9-5-11(16)15(19-24(2,21)22)14(6-9)23-13-4-3-10(17)7-12(13)18/h3-7,19H,1-2H3. The topological polar surface area (TPSA) is 63.2 Å². The summed E-state index contributed by atoms with van der Waals surface area (Å²) in [6, 6.07) is 5.72. The Morgan fingerprint density at radius 2 is 1.83 bits per heavy atom. The lowest BCUT2D eigenvalue weighted by Gasteiger charge is -2.14. The van der Waals surface area contributed by atoms with Gasteiger partial charge in [-0.2, -0.15) is 0 Å². The SMILES string of the molecule is CC(=O)c1cc(Cl)c(NS(C)(=O)=O)c(Sc2ccc(F)cc2F)c1. The summed E-state index contributed by atoms with van der Waals surface area (Å²) in [5, 5.41) is -0.00172. The molecule has 0 bridgehead atoms. The minimum absolute atomic E-state index is 0.00172. The van der Waals surface area contributed by atoms with Crippen LogP contribution in [-0.2, 0) is 10.0 Å². The van der Waals surface area contributed by atoms with Crippen LogP contribution in [0.4, 0.5) is 14.5 Å². The molecule has 0 aliphatic rings. The second-order valence-electron chi connectivity index (χ2n) is 4.94. The van der Waals surface area contributed by atoms with E-state index in [9.17, 15) is 22.0 Å². The molecular formula is C15H12ClF2NO3S2. The number of nitrogens with one attached hydrogen (secondary N) is 1. The Hall–Kier alpha value is -1.64. The molecule has 4 nitrogen and oxygen atoms in total. The second kappa shape index (κ2) is 7.08. The van der Waals surface area contributed by atoms with Crippen molar-refractivity contribution in [2.75, 3.05) is 11.0 Å². The lowest BCUT2D eigenvalue weighted by molar-refractivity contribution is 0.101. The van der Waals surface area contributed by atoms with Gasteiger partial charge in [0.15, 0.2) is 5.78 Å². The molecule has 0 spiro atoms. The number of halogens is 3. The zero-order valence-electron chi connectivity index (χ0n) is 12.6. The maximum absolute atomic E-state index is 13.9. The van der Waals surface area contributed by atoms with Gasteiger partial charge in [0, 0.05) is 21.4 Å². The number of Topliss-reactive ketones (excluding diaryl/α,β-unsaturated/α-hetero) is 1. The molecule has 2 aromatic rings. The van der Waals surface area contributed by atoms with E-state index in [0.29, 0.717) is 6.07 Å². The van der Waals surface area contributed by atoms with E-state index in [1.54, 1.807) is 0 Å². The Labute approximate surface area is 147 Å². The van der Waals surface area contributed by atoms with Crippen LogP contribution in [0.15, 0.2) is 40.1 Å². The van der Waals surface area contributed by atoms with Crippen LogP contribution in [0.2, 0.25) is 5.02 Å². The van der Waals surface area contributed by atoms with Gasteiger partial charge >= 0.3 is 0 Å². The molecule has 2 rings (SSSR count). The normalized spacial score (nSPS) is 11.4. The number of sulfonamides is 1. The maximum atomic E-state index is 13.9. The first-order chi connectivity index (χ1) is 11.1. The Kier molecular flexibility index (Phi) is 5.52. The Balaban J connectivity index is 2.57. The molecule has 0 aliphatic carbocycles. The van der Waals surface area contributed by atoms with Gasteiger partial charge in [0.05, 0.1) is 17.0 Å². The second-order valence-corrected chi connectivity index (χ2v) is 8.18. The van der Waals surface area contributed by atoms with E-state index in [0.717, 1.165) is 24.1 Å². The third-order valence-electron chi connectivity index (χ3n) is 2.86. The third kappa shape index (κ3) is 4.68. The molecule has 0 aliphatic heterocycles. The van der Waals surface area contributed by atoms with Gasteiger partial charge in [-0.15, -0.1) is 0 Å². The molecule has 0 fully saturated rings. The van der Waals surface area contributed by atoms with E-state index >= 15 is 0 Å². The van der Waals surface area contributed by atoms with Crippen molar-refractivity contribution in [3.63, 3.8) is 0 Å². The van der Waals surface area contributed by atoms with Crippen LogP contribution in [0.3, 0.4) is 0 Å². The highest BCUT2D eigenvalue weighted by molar-refractivity contribution is 7.99. The van der Waals surface area contributed by atoms with Crippen LogP contribution in [0.1, 0.15) is 17.3 Å². The van der Waals surface area contributed by atoms with Crippen molar-refractivity contribution >= 4 is 44.9 Å². The van der Waals surface area contributed by atoms with Gasteiger partial charge in [0.2, 0.25) is 10.0 Å². The van der Waals surface area contributed by atoms with Crippen molar-refractivity contribution in [3.8, 4) is 0 Å². The highest BCUT2D eigenvalue weighted by atomic mass is 35.5. The molecule has 0 aromatic heterocycles. The van der Waals surface area contributed by atoms with Gasteiger partial charge in [-0.3, -0.25) is 9.52 Å². The fourth-order valence-corrected chi connectivity index (χ4v) is 3.84. The molecule has 9 heteroatoms. The number of carbonyl (C=O) groups excluding carboxylic acids is 1. The van der Waals surface area contributed by atoms with Crippen molar-refractivity contribution in [2.45, 2.75) is 16.7 Å². The smallest absolute Gasteiger partial charge is 0.229 e. The number of ketones is 1. The first kappa shape index (κ1) is 18.7. The summed E-state index contributed by atoms with van der Waals surface area (Å²) in [6.07, 6.45) is 0.940. The largest absolute Gasteiger partial charge is 0.295 e. The first-order valence-electron chi connectivity index (χ1n) is 6.52. The molecule has 0 saturated carbocycles. The molecule has 0 atom stereocenters. The van der Waals surface area contributed by atoms with Crippen LogP contribution in [0, 0.1) is 11.6 Å². The van der Waals surface area contributed by atoms with E-state index in [1.807, 2.05) is 0 Å². The number of hydrogen-bond acceptors (Lipinski definition) is 4. The minimum Gasteiger partial charge on any atom is -0.295 e. The summed E-state index contributed by atoms with van der Waals surface area (Å²) in [6.45, 7) is 1.32. The molecule has 0 amide bonds. The van der Waals surface area contributed by atoms with Crippen molar-refractivity contribution in [2.24, 2.45) is 0 Å². The molecular weight excluding hydrogens is 380 g/mol. The number of benzene rings is 2. The Bertz CT molecular complexity index is 917. The summed E-state index contributed by atoms with van der Waals surface area (Å²) in [4.78, 5) is 11.9. The van der Waals surface area contributed by atoms with Crippen LogP contribution < -0.4 is 4.72 Å². The molecule has 1 N–H and O–H groups in total. The monoisotopic (exact) mass is 391 g/mol. The predicted octanol–water partition coefficient (Wildman–Crippen LogP) is 4.34. The van der Waals surface area contributed by atoms with Gasteiger partial charge in [0.1, 0.15) is 11.6 Å². The van der Waals surface area contributed by atoms with Crippen LogP contribution in [0.25, 0.3) is 0 Å². The summed E-state index contributed by atoms with van der Waals surface area (Å²) in [5.74, 6) is -1.83. The van der Waals surface area contributed by atoms with Crippen molar-refractivity contribution < 1.29 is 22.0 Å². The van der Waals surface area contributed by atoms with E-state index in [4.69, 9.17) is 11.6 Å². The molecule has 0 unspecified atom stereocenters. The van der Waals surface area contributed by atoms with Crippen molar-refractivity contribution in [3.05, 3.63) is 52.6 Å². The van der Waals surface area contributed by atoms with E-state index in [2.05, 4.69) is 4.72 Å². The quantitative estimate of drug-likeness (QED) is 0.770. The zero-order chi connectivity index (χ0) is 18.1. The predicted molar refractivity (Wildman–Crippen MR) is 90.4 cm³/mol.